The van der Waals surface area contributed by atoms with Gasteiger partial charge in [0.2, 0.25) is 0 Å². The number of rotatable bonds is 3. The van der Waals surface area contributed by atoms with E-state index in [4.69, 9.17) is 27.9 Å². The third kappa shape index (κ3) is 2.92. The Morgan fingerprint density at radius 3 is 2.57 bits per heavy atom. The van der Waals surface area contributed by atoms with Crippen molar-refractivity contribution < 1.29 is 9.53 Å². The molecule has 0 aliphatic heterocycles. The van der Waals surface area contributed by atoms with Gasteiger partial charge < -0.3 is 4.74 Å². The molecule has 0 fully saturated rings. The lowest BCUT2D eigenvalue weighted by Crippen LogP contribution is -2.12. The minimum atomic E-state index is -0.380. The van der Waals surface area contributed by atoms with E-state index in [1.54, 1.807) is 29.8 Å². The zero-order valence-corrected chi connectivity index (χ0v) is 13.8. The third-order valence-electron chi connectivity index (χ3n) is 3.47. The Labute approximate surface area is 133 Å². The molecule has 0 aliphatic carbocycles. The molecule has 2 rings (SSSR count). The van der Waals surface area contributed by atoms with Crippen molar-refractivity contribution in [2.75, 3.05) is 7.11 Å². The number of ether oxygens (including phenoxy) is 1. The van der Waals surface area contributed by atoms with Crippen LogP contribution in [0.4, 0.5) is 0 Å². The fraction of sp³-hybridized carbons (Fsp3) is 0.333. The lowest BCUT2D eigenvalue weighted by Gasteiger charge is -2.11. The maximum Gasteiger partial charge on any atom is 0.312 e. The summed E-state index contributed by atoms with van der Waals surface area (Å²) < 4.78 is 6.54. The molecule has 0 saturated carbocycles. The number of benzene rings is 1. The minimum Gasteiger partial charge on any atom is -0.469 e. The topological polar surface area (TPSA) is 44.1 Å². The predicted molar refractivity (Wildman–Crippen MR) is 83.5 cm³/mol. The Morgan fingerprint density at radius 2 is 2.00 bits per heavy atom. The highest BCUT2D eigenvalue weighted by molar-refractivity contribution is 6.35. The van der Waals surface area contributed by atoms with E-state index < -0.39 is 0 Å². The second-order valence-electron chi connectivity index (χ2n) is 4.84. The highest BCUT2D eigenvalue weighted by Gasteiger charge is 2.24. The molecule has 0 saturated heterocycles. The van der Waals surface area contributed by atoms with E-state index in [-0.39, 0.29) is 11.9 Å². The summed E-state index contributed by atoms with van der Waals surface area (Å²) in [6, 6.07) is 5.22. The average Bonchev–Trinajstić information content (AvgIpc) is 2.72. The number of hydrogen-bond acceptors (Lipinski definition) is 3. The number of halogens is 2. The first-order valence-electron chi connectivity index (χ1n) is 6.46. The molecule has 1 atom stereocenters. The van der Waals surface area contributed by atoms with Gasteiger partial charge >= 0.3 is 5.97 Å². The van der Waals surface area contributed by atoms with Crippen LogP contribution in [0.15, 0.2) is 18.2 Å². The summed E-state index contributed by atoms with van der Waals surface area (Å²) >= 11 is 12.1. The molecule has 1 aromatic heterocycles. The van der Waals surface area contributed by atoms with Crippen LogP contribution >= 0.6 is 23.2 Å². The molecule has 0 N–H and O–H groups in total. The van der Waals surface area contributed by atoms with Gasteiger partial charge in [-0.05, 0) is 39.0 Å². The molecule has 1 unspecified atom stereocenters. The van der Waals surface area contributed by atoms with Gasteiger partial charge in [0, 0.05) is 16.3 Å². The summed E-state index contributed by atoms with van der Waals surface area (Å²) in [6.07, 6.45) is 0. The standard InChI is InChI=1S/C15H16Cl2N2O2/c1-8(15(20)21-4)14-9(2)18-19(10(14)3)13-6-5-11(16)7-12(13)17/h5-8H,1-4H3. The van der Waals surface area contributed by atoms with E-state index >= 15 is 0 Å². The first kappa shape index (κ1) is 15.9. The van der Waals surface area contributed by atoms with Crippen LogP contribution in [0.2, 0.25) is 10.0 Å². The molecule has 0 bridgehead atoms. The van der Waals surface area contributed by atoms with Gasteiger partial charge in [0.25, 0.3) is 0 Å². The van der Waals surface area contributed by atoms with Gasteiger partial charge in [-0.15, -0.1) is 0 Å². The van der Waals surface area contributed by atoms with Gasteiger partial charge in [-0.3, -0.25) is 4.79 Å². The molecule has 1 aromatic carbocycles. The molecule has 0 amide bonds. The fourth-order valence-electron chi connectivity index (χ4n) is 2.46. The number of nitrogens with zero attached hydrogens (tertiary/aromatic N) is 2. The van der Waals surface area contributed by atoms with Crippen molar-refractivity contribution in [3.05, 3.63) is 45.2 Å². The second kappa shape index (κ2) is 6.08. The van der Waals surface area contributed by atoms with Crippen LogP contribution < -0.4 is 0 Å². The van der Waals surface area contributed by atoms with Gasteiger partial charge in [0.1, 0.15) is 0 Å². The Bertz CT molecular complexity index is 695. The fourth-order valence-corrected chi connectivity index (χ4v) is 2.95. The summed E-state index contributed by atoms with van der Waals surface area (Å²) in [6.45, 7) is 5.57. The van der Waals surface area contributed by atoms with Crippen LogP contribution in [0.1, 0.15) is 29.8 Å². The summed E-state index contributed by atoms with van der Waals surface area (Å²) in [5.41, 5.74) is 3.21. The van der Waals surface area contributed by atoms with Crippen molar-refractivity contribution in [1.29, 1.82) is 0 Å². The first-order valence-corrected chi connectivity index (χ1v) is 7.21. The SMILES string of the molecule is COC(=O)C(C)c1c(C)nn(-c2ccc(Cl)cc2Cl)c1C. The zero-order chi connectivity index (χ0) is 15.7. The lowest BCUT2D eigenvalue weighted by molar-refractivity contribution is -0.142. The number of carbonyl (C=O) groups excluding carboxylic acids is 1. The molecule has 21 heavy (non-hydrogen) atoms. The van der Waals surface area contributed by atoms with Crippen molar-refractivity contribution >= 4 is 29.2 Å². The van der Waals surface area contributed by atoms with Gasteiger partial charge in [0.05, 0.1) is 29.4 Å². The van der Waals surface area contributed by atoms with Gasteiger partial charge in [-0.2, -0.15) is 5.10 Å². The molecule has 4 nitrogen and oxygen atoms in total. The average molecular weight is 327 g/mol. The van der Waals surface area contributed by atoms with Gasteiger partial charge in [0.15, 0.2) is 0 Å². The van der Waals surface area contributed by atoms with Crippen LogP contribution in [0.5, 0.6) is 0 Å². The molecule has 0 spiro atoms. The van der Waals surface area contributed by atoms with E-state index in [0.717, 1.165) is 22.6 Å². The normalized spacial score (nSPS) is 12.3. The molecule has 0 aliphatic rings. The molecular formula is C15H16Cl2N2O2. The van der Waals surface area contributed by atoms with Gasteiger partial charge in [-0.25, -0.2) is 4.68 Å². The van der Waals surface area contributed by atoms with E-state index in [9.17, 15) is 4.79 Å². The molecule has 6 heteroatoms. The minimum absolute atomic E-state index is 0.289. The first-order chi connectivity index (χ1) is 9.86. The monoisotopic (exact) mass is 326 g/mol. The zero-order valence-electron chi connectivity index (χ0n) is 12.3. The number of esters is 1. The second-order valence-corrected chi connectivity index (χ2v) is 5.68. The van der Waals surface area contributed by atoms with Gasteiger partial charge in [-0.1, -0.05) is 23.2 Å². The van der Waals surface area contributed by atoms with Crippen LogP contribution in [0, 0.1) is 13.8 Å². The van der Waals surface area contributed by atoms with Crippen LogP contribution in [-0.2, 0) is 9.53 Å². The van der Waals surface area contributed by atoms with E-state index in [2.05, 4.69) is 5.10 Å². The molecule has 0 radical (unpaired) electrons. The van der Waals surface area contributed by atoms with E-state index in [0.29, 0.717) is 10.0 Å². The highest BCUT2D eigenvalue weighted by Crippen LogP contribution is 2.30. The third-order valence-corrected chi connectivity index (χ3v) is 4.01. The maximum absolute atomic E-state index is 11.8. The number of carbonyl (C=O) groups is 1. The van der Waals surface area contributed by atoms with Crippen molar-refractivity contribution in [1.82, 2.24) is 9.78 Å². The number of aryl methyl sites for hydroxylation is 1. The largest absolute Gasteiger partial charge is 0.469 e. The van der Waals surface area contributed by atoms with Crippen molar-refractivity contribution in [2.24, 2.45) is 0 Å². The summed E-state index contributed by atoms with van der Waals surface area (Å²) in [5, 5.41) is 5.56. The summed E-state index contributed by atoms with van der Waals surface area (Å²) in [7, 11) is 1.38. The lowest BCUT2D eigenvalue weighted by atomic mass is 9.99. The maximum atomic E-state index is 11.8. The Kier molecular flexibility index (Phi) is 4.59. The van der Waals surface area contributed by atoms with Crippen molar-refractivity contribution in [3.63, 3.8) is 0 Å². The quantitative estimate of drug-likeness (QED) is 0.798. The van der Waals surface area contributed by atoms with Crippen LogP contribution in [0.25, 0.3) is 5.69 Å². The van der Waals surface area contributed by atoms with Crippen LogP contribution in [0.3, 0.4) is 0 Å². The predicted octanol–water partition coefficient (Wildman–Crippen LogP) is 4.07. The number of methoxy groups -OCH3 is 1. The Hall–Kier alpha value is -1.52. The highest BCUT2D eigenvalue weighted by atomic mass is 35.5. The molecular weight excluding hydrogens is 311 g/mol. The molecule has 2 aromatic rings. The molecule has 112 valence electrons. The van der Waals surface area contributed by atoms with E-state index in [1.807, 2.05) is 13.8 Å². The Balaban J connectivity index is 2.55. The van der Waals surface area contributed by atoms with Crippen LogP contribution in [-0.4, -0.2) is 22.9 Å². The summed E-state index contributed by atoms with van der Waals surface area (Å²) in [4.78, 5) is 11.8. The van der Waals surface area contributed by atoms with Crippen molar-refractivity contribution in [2.45, 2.75) is 26.7 Å². The van der Waals surface area contributed by atoms with Crippen molar-refractivity contribution in [3.8, 4) is 5.69 Å². The number of hydrogen-bond donors (Lipinski definition) is 0. The smallest absolute Gasteiger partial charge is 0.312 e. The molecule has 1 heterocycles. The number of aromatic nitrogens is 2. The van der Waals surface area contributed by atoms with E-state index in [1.165, 1.54) is 7.11 Å². The Morgan fingerprint density at radius 1 is 1.33 bits per heavy atom. The summed E-state index contributed by atoms with van der Waals surface area (Å²) in [5.74, 6) is -0.669.